The van der Waals surface area contributed by atoms with Gasteiger partial charge in [-0.2, -0.15) is 0 Å². The largest absolute Gasteiger partial charge is 0.497 e. The highest BCUT2D eigenvalue weighted by Gasteiger charge is 2.29. The van der Waals surface area contributed by atoms with Crippen LogP contribution in [0.1, 0.15) is 38.0 Å². The SMILES string of the molecule is COc1ccc(F)c(-c2ccc(CBr)cc2C(OC)C(C)(C)C)c1. The Bertz CT molecular complexity index is 707. The van der Waals surface area contributed by atoms with Crippen LogP contribution >= 0.6 is 15.9 Å². The van der Waals surface area contributed by atoms with Gasteiger partial charge in [-0.3, -0.25) is 0 Å². The van der Waals surface area contributed by atoms with E-state index in [0.717, 1.165) is 22.0 Å². The van der Waals surface area contributed by atoms with Gasteiger partial charge in [-0.1, -0.05) is 54.9 Å². The molecule has 0 amide bonds. The smallest absolute Gasteiger partial charge is 0.131 e. The van der Waals surface area contributed by atoms with E-state index in [2.05, 4.69) is 42.8 Å². The van der Waals surface area contributed by atoms with Crippen molar-refractivity contribution in [3.63, 3.8) is 0 Å². The van der Waals surface area contributed by atoms with Crippen molar-refractivity contribution < 1.29 is 13.9 Å². The maximum atomic E-state index is 14.5. The fraction of sp³-hybridized carbons (Fsp3) is 0.400. The van der Waals surface area contributed by atoms with Gasteiger partial charge in [0.05, 0.1) is 13.2 Å². The van der Waals surface area contributed by atoms with Crippen molar-refractivity contribution in [2.24, 2.45) is 5.41 Å². The average molecular weight is 395 g/mol. The van der Waals surface area contributed by atoms with Gasteiger partial charge in [-0.25, -0.2) is 4.39 Å². The van der Waals surface area contributed by atoms with Crippen molar-refractivity contribution in [3.05, 3.63) is 53.3 Å². The van der Waals surface area contributed by atoms with Crippen LogP contribution in [0.3, 0.4) is 0 Å². The highest BCUT2D eigenvalue weighted by atomic mass is 79.9. The molecular weight excluding hydrogens is 371 g/mol. The van der Waals surface area contributed by atoms with Crippen molar-refractivity contribution in [3.8, 4) is 16.9 Å². The lowest BCUT2D eigenvalue weighted by Crippen LogP contribution is -2.21. The van der Waals surface area contributed by atoms with Crippen LogP contribution < -0.4 is 4.74 Å². The molecule has 130 valence electrons. The van der Waals surface area contributed by atoms with E-state index in [4.69, 9.17) is 9.47 Å². The number of alkyl halides is 1. The monoisotopic (exact) mass is 394 g/mol. The first kappa shape index (κ1) is 18.9. The van der Waals surface area contributed by atoms with Crippen LogP contribution in [0.5, 0.6) is 5.75 Å². The van der Waals surface area contributed by atoms with Crippen LogP contribution in [0.2, 0.25) is 0 Å². The first-order chi connectivity index (χ1) is 11.3. The summed E-state index contributed by atoms with van der Waals surface area (Å²) < 4.78 is 25.6. The third kappa shape index (κ3) is 3.98. The van der Waals surface area contributed by atoms with Crippen LogP contribution in [-0.2, 0) is 10.1 Å². The lowest BCUT2D eigenvalue weighted by molar-refractivity contribution is 0.0155. The number of hydrogen-bond donors (Lipinski definition) is 0. The summed E-state index contributed by atoms with van der Waals surface area (Å²) in [6.07, 6.45) is -0.155. The number of halogens is 2. The second-order valence-corrected chi connectivity index (χ2v) is 7.44. The summed E-state index contributed by atoms with van der Waals surface area (Å²) >= 11 is 3.50. The molecule has 0 fully saturated rings. The van der Waals surface area contributed by atoms with Gasteiger partial charge in [0.1, 0.15) is 11.6 Å². The summed E-state index contributed by atoms with van der Waals surface area (Å²) in [5.74, 6) is 0.360. The Balaban J connectivity index is 2.70. The second kappa shape index (κ2) is 7.66. The molecule has 0 spiro atoms. The summed E-state index contributed by atoms with van der Waals surface area (Å²) in [5.41, 5.74) is 3.34. The van der Waals surface area contributed by atoms with Crippen LogP contribution in [0.4, 0.5) is 4.39 Å². The van der Waals surface area contributed by atoms with E-state index in [1.165, 1.54) is 6.07 Å². The van der Waals surface area contributed by atoms with E-state index in [-0.39, 0.29) is 17.3 Å². The van der Waals surface area contributed by atoms with Crippen molar-refractivity contribution in [2.45, 2.75) is 32.2 Å². The third-order valence-electron chi connectivity index (χ3n) is 4.04. The molecule has 0 aromatic heterocycles. The Hall–Kier alpha value is -1.39. The predicted octanol–water partition coefficient (Wildman–Crippen LogP) is 6.13. The number of hydrogen-bond acceptors (Lipinski definition) is 2. The molecule has 1 atom stereocenters. The molecule has 24 heavy (non-hydrogen) atoms. The van der Waals surface area contributed by atoms with E-state index in [9.17, 15) is 4.39 Å². The van der Waals surface area contributed by atoms with Crippen molar-refractivity contribution in [2.75, 3.05) is 14.2 Å². The maximum Gasteiger partial charge on any atom is 0.131 e. The molecular formula is C20H24BrFO2. The van der Waals surface area contributed by atoms with Crippen LogP contribution in [0.15, 0.2) is 36.4 Å². The lowest BCUT2D eigenvalue weighted by Gasteiger charge is -2.31. The molecule has 2 aromatic carbocycles. The Labute approximate surface area is 152 Å². The molecule has 1 unspecified atom stereocenters. The van der Waals surface area contributed by atoms with Crippen molar-refractivity contribution in [1.82, 2.24) is 0 Å². The molecule has 0 radical (unpaired) electrons. The van der Waals surface area contributed by atoms with Gasteiger partial charge in [0, 0.05) is 18.0 Å². The van der Waals surface area contributed by atoms with Crippen molar-refractivity contribution in [1.29, 1.82) is 0 Å². The standard InChI is InChI=1S/C20H24BrFO2/c1-20(2,3)19(24-5)17-10-13(12-21)6-8-15(17)16-11-14(23-4)7-9-18(16)22/h6-11,19H,12H2,1-5H3. The summed E-state index contributed by atoms with van der Waals surface area (Å²) in [6.45, 7) is 6.36. The van der Waals surface area contributed by atoms with Gasteiger partial charge in [-0.05, 0) is 40.3 Å². The Morgan fingerprint density at radius 2 is 1.75 bits per heavy atom. The minimum Gasteiger partial charge on any atom is -0.497 e. The van der Waals surface area contributed by atoms with Gasteiger partial charge < -0.3 is 9.47 Å². The highest BCUT2D eigenvalue weighted by Crippen LogP contribution is 2.42. The number of methoxy groups -OCH3 is 2. The van der Waals surface area contributed by atoms with Gasteiger partial charge >= 0.3 is 0 Å². The zero-order chi connectivity index (χ0) is 17.9. The Kier molecular flexibility index (Phi) is 6.05. The first-order valence-corrected chi connectivity index (χ1v) is 8.99. The zero-order valence-corrected chi connectivity index (χ0v) is 16.4. The summed E-state index contributed by atoms with van der Waals surface area (Å²) in [6, 6.07) is 10.8. The molecule has 0 aliphatic rings. The minimum atomic E-state index is -0.271. The molecule has 0 N–H and O–H groups in total. The van der Waals surface area contributed by atoms with E-state index < -0.39 is 0 Å². The fourth-order valence-corrected chi connectivity index (χ4v) is 3.29. The second-order valence-electron chi connectivity index (χ2n) is 6.88. The summed E-state index contributed by atoms with van der Waals surface area (Å²) in [5, 5.41) is 0.738. The normalized spacial score (nSPS) is 13.0. The molecule has 0 saturated heterocycles. The molecule has 2 aromatic rings. The average Bonchev–Trinajstić information content (AvgIpc) is 2.55. The van der Waals surface area contributed by atoms with Gasteiger partial charge in [-0.15, -0.1) is 0 Å². The van der Waals surface area contributed by atoms with Crippen molar-refractivity contribution >= 4 is 15.9 Å². The van der Waals surface area contributed by atoms with Crippen LogP contribution in [0, 0.1) is 11.2 Å². The molecule has 0 aliphatic carbocycles. The third-order valence-corrected chi connectivity index (χ3v) is 4.69. The summed E-state index contributed by atoms with van der Waals surface area (Å²) in [7, 11) is 3.28. The summed E-state index contributed by atoms with van der Waals surface area (Å²) in [4.78, 5) is 0. The number of benzene rings is 2. The molecule has 2 rings (SSSR count). The van der Waals surface area contributed by atoms with E-state index in [0.29, 0.717) is 11.3 Å². The Morgan fingerprint density at radius 3 is 2.29 bits per heavy atom. The van der Waals surface area contributed by atoms with Crippen LogP contribution in [0.25, 0.3) is 11.1 Å². The fourth-order valence-electron chi connectivity index (χ4n) is 2.94. The molecule has 2 nitrogen and oxygen atoms in total. The topological polar surface area (TPSA) is 18.5 Å². The predicted molar refractivity (Wildman–Crippen MR) is 100 cm³/mol. The lowest BCUT2D eigenvalue weighted by atomic mass is 9.81. The molecule has 4 heteroatoms. The number of rotatable bonds is 5. The molecule has 0 heterocycles. The quantitative estimate of drug-likeness (QED) is 0.567. The Morgan fingerprint density at radius 1 is 1.04 bits per heavy atom. The molecule has 0 aliphatic heterocycles. The minimum absolute atomic E-state index is 0.121. The van der Waals surface area contributed by atoms with Crippen LogP contribution in [-0.4, -0.2) is 14.2 Å². The highest BCUT2D eigenvalue weighted by molar-refractivity contribution is 9.08. The maximum absolute atomic E-state index is 14.5. The number of ether oxygens (including phenoxy) is 2. The van der Waals surface area contributed by atoms with Gasteiger partial charge in [0.15, 0.2) is 0 Å². The van der Waals surface area contributed by atoms with Gasteiger partial charge in [0.25, 0.3) is 0 Å². The van der Waals surface area contributed by atoms with Gasteiger partial charge in [0.2, 0.25) is 0 Å². The molecule has 0 bridgehead atoms. The van der Waals surface area contributed by atoms with E-state index >= 15 is 0 Å². The van der Waals surface area contributed by atoms with E-state index in [1.807, 2.05) is 12.1 Å². The zero-order valence-electron chi connectivity index (χ0n) is 14.8. The molecule has 0 saturated carbocycles. The van der Waals surface area contributed by atoms with E-state index in [1.54, 1.807) is 26.4 Å². The first-order valence-electron chi connectivity index (χ1n) is 7.87.